The smallest absolute Gasteiger partial charge is 0.348 e. The van der Waals surface area contributed by atoms with Gasteiger partial charge in [-0.3, -0.25) is 0 Å². The van der Waals surface area contributed by atoms with Crippen LogP contribution in [-0.4, -0.2) is 31.1 Å². The van der Waals surface area contributed by atoms with Gasteiger partial charge in [0.2, 0.25) is 0 Å². The highest BCUT2D eigenvalue weighted by Crippen LogP contribution is 2.22. The lowest BCUT2D eigenvalue weighted by atomic mass is 10.3. The molecule has 1 aromatic rings. The minimum Gasteiger partial charge on any atom is -0.462 e. The Kier molecular flexibility index (Phi) is 4.25. The van der Waals surface area contributed by atoms with Crippen LogP contribution in [0.15, 0.2) is 12.1 Å². The summed E-state index contributed by atoms with van der Waals surface area (Å²) in [6.07, 6.45) is -0.219. The quantitative estimate of drug-likeness (QED) is 0.616. The highest BCUT2D eigenvalue weighted by molar-refractivity contribution is 7.14. The number of thiophene rings is 1. The summed E-state index contributed by atoms with van der Waals surface area (Å²) in [6, 6.07) is 3.54. The van der Waals surface area contributed by atoms with Crippen molar-refractivity contribution in [3.05, 3.63) is 21.9 Å². The van der Waals surface area contributed by atoms with Crippen LogP contribution in [0.1, 0.15) is 35.3 Å². The van der Waals surface area contributed by atoms with Crippen LogP contribution >= 0.6 is 11.3 Å². The molecular weight excluding hydrogens is 264 g/mol. The highest BCUT2D eigenvalue weighted by Gasteiger charge is 2.31. The number of carbonyl (C=O) groups is 1. The van der Waals surface area contributed by atoms with Gasteiger partial charge in [-0.05, 0) is 32.9 Å². The first-order chi connectivity index (χ1) is 9.00. The number of hydrogen-bond acceptors (Lipinski definition) is 5. The summed E-state index contributed by atoms with van der Waals surface area (Å²) >= 11 is 1.32. The molecule has 0 spiro atoms. The third kappa shape index (κ3) is 3.80. The molecule has 5 heteroatoms. The van der Waals surface area contributed by atoms with E-state index in [1.165, 1.54) is 11.3 Å². The van der Waals surface area contributed by atoms with E-state index in [1.807, 2.05) is 19.9 Å². The molecule has 0 bridgehead atoms. The maximum absolute atomic E-state index is 11.5. The fourth-order valence-corrected chi connectivity index (χ4v) is 2.39. The predicted molar refractivity (Wildman–Crippen MR) is 72.1 cm³/mol. The molecule has 0 amide bonds. The zero-order valence-electron chi connectivity index (χ0n) is 11.2. The minimum atomic E-state index is -0.565. The van der Waals surface area contributed by atoms with Crippen molar-refractivity contribution < 1.29 is 19.0 Å². The second-order valence-electron chi connectivity index (χ2n) is 4.47. The van der Waals surface area contributed by atoms with Gasteiger partial charge in [0.1, 0.15) is 11.0 Å². The van der Waals surface area contributed by atoms with Crippen LogP contribution in [0.25, 0.3) is 0 Å². The Morgan fingerprint density at radius 2 is 2.37 bits per heavy atom. The topological polar surface area (TPSA) is 44.8 Å². The zero-order chi connectivity index (χ0) is 13.9. The highest BCUT2D eigenvalue weighted by atomic mass is 32.1. The van der Waals surface area contributed by atoms with Gasteiger partial charge >= 0.3 is 5.97 Å². The molecule has 0 N–H and O–H groups in total. The van der Waals surface area contributed by atoms with Crippen LogP contribution in [-0.2, 0) is 14.2 Å². The van der Waals surface area contributed by atoms with E-state index in [1.54, 1.807) is 13.0 Å². The van der Waals surface area contributed by atoms with E-state index in [0.717, 1.165) is 4.88 Å². The Hall–Kier alpha value is -1.35. The molecule has 0 unspecified atom stereocenters. The van der Waals surface area contributed by atoms with Gasteiger partial charge in [-0.25, -0.2) is 4.79 Å². The second-order valence-corrected chi connectivity index (χ2v) is 5.55. The van der Waals surface area contributed by atoms with Crippen molar-refractivity contribution in [1.29, 1.82) is 0 Å². The van der Waals surface area contributed by atoms with E-state index in [9.17, 15) is 4.79 Å². The molecule has 0 aromatic carbocycles. The van der Waals surface area contributed by atoms with E-state index in [4.69, 9.17) is 14.2 Å². The summed E-state index contributed by atoms with van der Waals surface area (Å²) in [5.41, 5.74) is 0. The van der Waals surface area contributed by atoms with Gasteiger partial charge in [0, 0.05) is 0 Å². The van der Waals surface area contributed by atoms with Crippen LogP contribution in [0, 0.1) is 11.8 Å². The zero-order valence-corrected chi connectivity index (χ0v) is 12.0. The molecule has 2 rings (SSSR count). The van der Waals surface area contributed by atoms with Gasteiger partial charge in [0.25, 0.3) is 0 Å². The Morgan fingerprint density at radius 1 is 1.58 bits per heavy atom. The average molecular weight is 280 g/mol. The Bertz CT molecular complexity index is 521. The Balaban J connectivity index is 1.99. The monoisotopic (exact) mass is 280 g/mol. The van der Waals surface area contributed by atoms with Gasteiger partial charge in [-0.1, -0.05) is 11.8 Å². The fraction of sp³-hybridized carbons (Fsp3) is 0.500. The molecule has 102 valence electrons. The molecular formula is C14H16O4S. The first-order valence-electron chi connectivity index (χ1n) is 6.10. The lowest BCUT2D eigenvalue weighted by Gasteiger charge is -2.14. The standard InChI is InChI=1S/C14H16O4S/c1-4-16-13(15)12-8-7-11(19-12)6-5-10-9-17-14(2,3)18-10/h7-8,10H,4,9H2,1-3H3/t10-/m0/s1. The van der Waals surface area contributed by atoms with Crippen molar-refractivity contribution in [3.8, 4) is 11.8 Å². The summed E-state index contributed by atoms with van der Waals surface area (Å²) in [7, 11) is 0. The number of ether oxygens (including phenoxy) is 3. The molecule has 0 radical (unpaired) electrons. The SMILES string of the molecule is CCOC(=O)c1ccc(C#C[C@H]2COC(C)(C)O2)s1. The van der Waals surface area contributed by atoms with Gasteiger partial charge < -0.3 is 14.2 Å². The van der Waals surface area contributed by atoms with E-state index in [0.29, 0.717) is 18.1 Å². The summed E-state index contributed by atoms with van der Waals surface area (Å²) in [5, 5.41) is 0. The minimum absolute atomic E-state index is 0.219. The third-order valence-corrected chi connectivity index (χ3v) is 3.43. The molecule has 0 aliphatic carbocycles. The number of esters is 1. The van der Waals surface area contributed by atoms with E-state index < -0.39 is 5.79 Å². The van der Waals surface area contributed by atoms with Crippen LogP contribution in [0.3, 0.4) is 0 Å². The molecule has 1 aromatic heterocycles. The van der Waals surface area contributed by atoms with Crippen molar-refractivity contribution in [1.82, 2.24) is 0 Å². The molecule has 1 aliphatic heterocycles. The molecule has 1 aliphatic rings. The Labute approximate surface area is 116 Å². The number of hydrogen-bond donors (Lipinski definition) is 0. The normalized spacial score (nSPS) is 20.7. The van der Waals surface area contributed by atoms with Crippen molar-refractivity contribution in [3.63, 3.8) is 0 Å². The predicted octanol–water partition coefficient (Wildman–Crippen LogP) is 2.43. The van der Waals surface area contributed by atoms with Crippen LogP contribution < -0.4 is 0 Å². The molecule has 1 fully saturated rings. The first-order valence-corrected chi connectivity index (χ1v) is 6.92. The van der Waals surface area contributed by atoms with Crippen molar-refractivity contribution in [2.45, 2.75) is 32.7 Å². The van der Waals surface area contributed by atoms with E-state index >= 15 is 0 Å². The first kappa shape index (κ1) is 14.1. The molecule has 0 saturated carbocycles. The Morgan fingerprint density at radius 3 is 3.00 bits per heavy atom. The van der Waals surface area contributed by atoms with Gasteiger partial charge in [-0.2, -0.15) is 0 Å². The van der Waals surface area contributed by atoms with E-state index in [2.05, 4.69) is 11.8 Å². The maximum Gasteiger partial charge on any atom is 0.348 e. The van der Waals surface area contributed by atoms with Crippen LogP contribution in [0.2, 0.25) is 0 Å². The number of rotatable bonds is 2. The second kappa shape index (κ2) is 5.74. The summed E-state index contributed by atoms with van der Waals surface area (Å²) < 4.78 is 15.9. The molecule has 1 atom stereocenters. The van der Waals surface area contributed by atoms with Gasteiger partial charge in [0.15, 0.2) is 5.79 Å². The van der Waals surface area contributed by atoms with E-state index in [-0.39, 0.29) is 12.1 Å². The molecule has 19 heavy (non-hydrogen) atoms. The van der Waals surface area contributed by atoms with Gasteiger partial charge in [-0.15, -0.1) is 11.3 Å². The average Bonchev–Trinajstić information content (AvgIpc) is 2.93. The van der Waals surface area contributed by atoms with Crippen molar-refractivity contribution >= 4 is 17.3 Å². The van der Waals surface area contributed by atoms with Crippen LogP contribution in [0.4, 0.5) is 0 Å². The molecule has 4 nitrogen and oxygen atoms in total. The van der Waals surface area contributed by atoms with Crippen molar-refractivity contribution in [2.75, 3.05) is 13.2 Å². The maximum atomic E-state index is 11.5. The molecule has 2 heterocycles. The summed E-state index contributed by atoms with van der Waals surface area (Å²) in [6.45, 7) is 6.35. The third-order valence-electron chi connectivity index (χ3n) is 2.45. The number of carbonyl (C=O) groups excluding carboxylic acids is 1. The summed E-state index contributed by atoms with van der Waals surface area (Å²) in [4.78, 5) is 12.9. The van der Waals surface area contributed by atoms with Gasteiger partial charge in [0.05, 0.1) is 18.1 Å². The largest absolute Gasteiger partial charge is 0.462 e. The fourth-order valence-electron chi connectivity index (χ4n) is 1.63. The van der Waals surface area contributed by atoms with Crippen LogP contribution in [0.5, 0.6) is 0 Å². The lowest BCUT2D eigenvalue weighted by molar-refractivity contribution is -0.132. The lowest BCUT2D eigenvalue weighted by Crippen LogP contribution is -2.20. The molecule has 1 saturated heterocycles. The van der Waals surface area contributed by atoms with Crippen molar-refractivity contribution in [2.24, 2.45) is 0 Å². The summed E-state index contributed by atoms with van der Waals surface area (Å²) in [5.74, 6) is 5.13.